The van der Waals surface area contributed by atoms with Crippen LogP contribution in [-0.4, -0.2) is 57.3 Å². The van der Waals surface area contributed by atoms with Crippen molar-refractivity contribution in [2.45, 2.75) is 13.3 Å². The summed E-state index contributed by atoms with van der Waals surface area (Å²) < 4.78 is 0. The summed E-state index contributed by atoms with van der Waals surface area (Å²) in [6, 6.07) is 0. The van der Waals surface area contributed by atoms with Gasteiger partial charge in [0.05, 0.1) is 0 Å². The van der Waals surface area contributed by atoms with E-state index in [1.54, 1.807) is 6.92 Å². The number of nitrogens with two attached hydrogens (primary N) is 1. The van der Waals surface area contributed by atoms with Gasteiger partial charge in [-0.15, -0.1) is 0 Å². The van der Waals surface area contributed by atoms with Crippen molar-refractivity contribution in [1.29, 1.82) is 0 Å². The van der Waals surface area contributed by atoms with Gasteiger partial charge in [-0.05, 0) is 0 Å². The molecule has 0 fully saturated rings. The molecule has 0 saturated heterocycles. The van der Waals surface area contributed by atoms with E-state index in [1.165, 1.54) is 0 Å². The molecule has 0 aliphatic carbocycles. The van der Waals surface area contributed by atoms with Crippen molar-refractivity contribution >= 4 is 57.3 Å². The molecule has 0 aliphatic heterocycles. The second-order valence-corrected chi connectivity index (χ2v) is 0.820. The number of carbonyl (C=O) groups excluding carboxylic acids is 1. The van der Waals surface area contributed by atoms with Crippen molar-refractivity contribution in [1.82, 2.24) is 0 Å². The molecule has 0 heterocycles. The zero-order valence-electron chi connectivity index (χ0n) is 3.19. The summed E-state index contributed by atoms with van der Waals surface area (Å²) in [6.45, 7) is 1.72. The Bertz CT molecular complexity index is 46.1. The zero-order valence-corrected chi connectivity index (χ0v) is 3.19. The maximum absolute atomic E-state index is 9.59. The summed E-state index contributed by atoms with van der Waals surface area (Å²) in [5.74, 6) is -0.245. The quantitative estimate of drug-likeness (QED) is 0.446. The van der Waals surface area contributed by atoms with E-state index in [1.807, 2.05) is 0 Å². The molecule has 0 aromatic rings. The molecule has 0 spiro atoms. The molecule has 0 aliphatic rings. The zero-order chi connectivity index (χ0) is 4.28. The molecule has 0 rings (SSSR count). The van der Waals surface area contributed by atoms with Gasteiger partial charge in [0.25, 0.3) is 0 Å². The van der Waals surface area contributed by atoms with Gasteiger partial charge >= 0.3 is 51.4 Å². The molecular weight excluding hydrogens is 105 g/mol. The predicted octanol–water partition coefficient (Wildman–Crippen LogP) is -0.767. The second-order valence-electron chi connectivity index (χ2n) is 0.820. The van der Waals surface area contributed by atoms with Crippen LogP contribution in [0, 0.1) is 0 Å². The molecule has 2 nitrogen and oxygen atoms in total. The minimum atomic E-state index is -0.245. The van der Waals surface area contributed by atoms with E-state index in [0.29, 0.717) is 6.42 Å². The first-order valence-corrected chi connectivity index (χ1v) is 1.55. The van der Waals surface area contributed by atoms with E-state index >= 15 is 0 Å². The van der Waals surface area contributed by atoms with E-state index < -0.39 is 0 Å². The van der Waals surface area contributed by atoms with E-state index in [2.05, 4.69) is 5.73 Å². The molecule has 3 heteroatoms. The number of rotatable bonds is 1. The third-order valence-electron chi connectivity index (χ3n) is 0.348. The van der Waals surface area contributed by atoms with E-state index in [-0.39, 0.29) is 57.3 Å². The van der Waals surface area contributed by atoms with Gasteiger partial charge in [0.15, 0.2) is 0 Å². The van der Waals surface area contributed by atoms with Crippen LogP contribution in [0.25, 0.3) is 0 Å². The van der Waals surface area contributed by atoms with Crippen molar-refractivity contribution < 1.29 is 4.79 Å². The first-order valence-electron chi connectivity index (χ1n) is 1.55. The monoisotopic (exact) mass is 113 g/mol. The van der Waals surface area contributed by atoms with Gasteiger partial charge in [-0.3, -0.25) is 4.79 Å². The Morgan fingerprint density at radius 3 is 2.00 bits per heavy atom. The Labute approximate surface area is 79.9 Å². The average Bonchev–Trinajstić information content (AvgIpc) is 1.38. The van der Waals surface area contributed by atoms with Crippen LogP contribution in [0.5, 0.6) is 0 Å². The SMILES string of the molecule is CCC(N)=O.[KH]. The molecule has 2 N–H and O–H groups in total. The molecule has 32 valence electrons. The Morgan fingerprint density at radius 2 is 2.00 bits per heavy atom. The van der Waals surface area contributed by atoms with Crippen molar-refractivity contribution in [2.75, 3.05) is 0 Å². The van der Waals surface area contributed by atoms with Gasteiger partial charge in [-0.25, -0.2) is 0 Å². The van der Waals surface area contributed by atoms with E-state index in [9.17, 15) is 4.79 Å². The number of hydrogen-bond donors (Lipinski definition) is 1. The third-order valence-corrected chi connectivity index (χ3v) is 0.348. The van der Waals surface area contributed by atoms with E-state index in [4.69, 9.17) is 0 Å². The summed E-state index contributed by atoms with van der Waals surface area (Å²) in [5.41, 5.74) is 4.65. The van der Waals surface area contributed by atoms with Crippen LogP contribution in [0.4, 0.5) is 0 Å². The second kappa shape index (κ2) is 6.11. The van der Waals surface area contributed by atoms with Crippen LogP contribution >= 0.6 is 0 Å². The van der Waals surface area contributed by atoms with Gasteiger partial charge in [0, 0.05) is 6.42 Å². The topological polar surface area (TPSA) is 43.1 Å². The number of amides is 1. The van der Waals surface area contributed by atoms with Crippen molar-refractivity contribution in [3.05, 3.63) is 0 Å². The van der Waals surface area contributed by atoms with Gasteiger partial charge < -0.3 is 5.73 Å². The van der Waals surface area contributed by atoms with Crippen LogP contribution < -0.4 is 5.73 Å². The standard InChI is InChI=1S/C3H7NO.K.H/c1-2-3(4)5;;/h2H2,1H3,(H2,4,5);;. The Kier molecular flexibility index (Phi) is 10.3. The Hall–Kier alpha value is 1.11. The van der Waals surface area contributed by atoms with Gasteiger partial charge in [0.2, 0.25) is 5.91 Å². The Balaban J connectivity index is 0. The predicted molar refractivity (Wildman–Crippen MR) is 26.6 cm³/mol. The average molecular weight is 113 g/mol. The molecule has 0 atom stereocenters. The van der Waals surface area contributed by atoms with Crippen molar-refractivity contribution in [2.24, 2.45) is 5.73 Å². The maximum atomic E-state index is 9.59. The van der Waals surface area contributed by atoms with Crippen LogP contribution in [0.1, 0.15) is 13.3 Å². The van der Waals surface area contributed by atoms with Crippen LogP contribution in [0.3, 0.4) is 0 Å². The number of hydrogen-bond acceptors (Lipinski definition) is 1. The Morgan fingerprint density at radius 1 is 1.83 bits per heavy atom. The van der Waals surface area contributed by atoms with Crippen LogP contribution in [0.2, 0.25) is 0 Å². The summed E-state index contributed by atoms with van der Waals surface area (Å²) in [7, 11) is 0. The summed E-state index contributed by atoms with van der Waals surface area (Å²) in [5, 5.41) is 0. The van der Waals surface area contributed by atoms with Gasteiger partial charge in [-0.2, -0.15) is 0 Å². The van der Waals surface area contributed by atoms with Crippen molar-refractivity contribution in [3.8, 4) is 0 Å². The molecule has 0 saturated carbocycles. The molecule has 0 unspecified atom stereocenters. The summed E-state index contributed by atoms with van der Waals surface area (Å²) in [4.78, 5) is 9.59. The first-order chi connectivity index (χ1) is 2.27. The van der Waals surface area contributed by atoms with Crippen LogP contribution in [0.15, 0.2) is 0 Å². The summed E-state index contributed by atoms with van der Waals surface area (Å²) >= 11 is 0. The molecule has 0 radical (unpaired) electrons. The molecular formula is C3H8KNO. The molecule has 6 heavy (non-hydrogen) atoms. The molecule has 0 aromatic carbocycles. The fourth-order valence-electron chi connectivity index (χ4n) is 0. The van der Waals surface area contributed by atoms with Gasteiger partial charge in [0.1, 0.15) is 0 Å². The third kappa shape index (κ3) is 8.92. The van der Waals surface area contributed by atoms with Crippen molar-refractivity contribution in [3.63, 3.8) is 0 Å². The first kappa shape index (κ1) is 10.2. The molecule has 1 amide bonds. The van der Waals surface area contributed by atoms with E-state index in [0.717, 1.165) is 0 Å². The number of primary amides is 1. The number of carbonyl (C=O) groups is 1. The fourth-order valence-corrected chi connectivity index (χ4v) is 0. The van der Waals surface area contributed by atoms with Gasteiger partial charge in [-0.1, -0.05) is 6.92 Å². The fraction of sp³-hybridized carbons (Fsp3) is 0.667. The molecule has 0 bridgehead atoms. The van der Waals surface area contributed by atoms with Crippen LogP contribution in [-0.2, 0) is 4.79 Å². The minimum absolute atomic E-state index is 0. The summed E-state index contributed by atoms with van der Waals surface area (Å²) in [6.07, 6.45) is 0.444. The normalized spacial score (nSPS) is 6.17. The molecule has 0 aromatic heterocycles.